The van der Waals surface area contributed by atoms with Crippen molar-refractivity contribution < 1.29 is 0 Å². The Morgan fingerprint density at radius 1 is 1.12 bits per heavy atom. The van der Waals surface area contributed by atoms with E-state index in [9.17, 15) is 0 Å². The van der Waals surface area contributed by atoms with Crippen molar-refractivity contribution in [2.24, 2.45) is 5.41 Å². The lowest BCUT2D eigenvalue weighted by Gasteiger charge is -2.36. The summed E-state index contributed by atoms with van der Waals surface area (Å²) in [6, 6.07) is 1.78. The van der Waals surface area contributed by atoms with Gasteiger partial charge in [-0.25, -0.2) is 15.0 Å². The molecule has 0 aromatic carbocycles. The zero-order valence-corrected chi connectivity index (χ0v) is 14.7. The maximum Gasteiger partial charge on any atom is 0.228 e. The summed E-state index contributed by atoms with van der Waals surface area (Å²) in [5, 5.41) is 3.07. The fourth-order valence-corrected chi connectivity index (χ4v) is 3.20. The molecule has 0 saturated carbocycles. The van der Waals surface area contributed by atoms with Gasteiger partial charge in [0.2, 0.25) is 5.95 Å². The Kier molecular flexibility index (Phi) is 5.04. The van der Waals surface area contributed by atoms with Gasteiger partial charge in [0.25, 0.3) is 0 Å². The summed E-state index contributed by atoms with van der Waals surface area (Å²) in [7, 11) is 0. The zero-order valence-electron chi connectivity index (χ0n) is 14.7. The Labute approximate surface area is 143 Å². The van der Waals surface area contributed by atoms with Crippen molar-refractivity contribution in [2.45, 2.75) is 39.5 Å². The molecule has 1 saturated heterocycles. The van der Waals surface area contributed by atoms with E-state index in [-0.39, 0.29) is 0 Å². The number of likely N-dealkylation sites (tertiary alicyclic amines) is 1. The zero-order chi connectivity index (χ0) is 17.0. The number of aromatic nitrogens is 4. The van der Waals surface area contributed by atoms with Gasteiger partial charge in [-0.1, -0.05) is 20.8 Å². The van der Waals surface area contributed by atoms with Crippen molar-refractivity contribution in [1.82, 2.24) is 24.8 Å². The van der Waals surface area contributed by atoms with Crippen LogP contribution in [0.1, 0.15) is 45.2 Å². The average molecular weight is 326 g/mol. The largest absolute Gasteiger partial charge is 0.307 e. The molecular formula is C18H26N6. The van der Waals surface area contributed by atoms with Crippen molar-refractivity contribution in [1.29, 1.82) is 0 Å². The second-order valence-electron chi connectivity index (χ2n) is 7.66. The molecule has 1 aliphatic rings. The van der Waals surface area contributed by atoms with Gasteiger partial charge in [-0.15, -0.1) is 0 Å². The van der Waals surface area contributed by atoms with E-state index in [1.807, 2.05) is 6.20 Å². The maximum atomic E-state index is 4.62. The fourth-order valence-electron chi connectivity index (χ4n) is 3.20. The second kappa shape index (κ2) is 7.21. The Balaban J connectivity index is 1.62. The Morgan fingerprint density at radius 3 is 2.58 bits per heavy atom. The van der Waals surface area contributed by atoms with Crippen LogP contribution in [0, 0.1) is 5.41 Å². The Morgan fingerprint density at radius 2 is 1.92 bits per heavy atom. The van der Waals surface area contributed by atoms with Gasteiger partial charge in [-0.05, 0) is 30.9 Å². The van der Waals surface area contributed by atoms with E-state index >= 15 is 0 Å². The lowest BCUT2D eigenvalue weighted by molar-refractivity contribution is 0.149. The van der Waals surface area contributed by atoms with Gasteiger partial charge in [-0.2, -0.15) is 0 Å². The third-order valence-electron chi connectivity index (χ3n) is 4.10. The molecule has 2 aromatic rings. The number of piperidine rings is 1. The molecule has 0 aliphatic carbocycles. The minimum Gasteiger partial charge on any atom is -0.307 e. The molecule has 0 radical (unpaired) electrons. The minimum atomic E-state index is 0.330. The Hall–Kier alpha value is -2.08. The molecule has 3 rings (SSSR count). The van der Waals surface area contributed by atoms with Gasteiger partial charge in [0.1, 0.15) is 0 Å². The summed E-state index contributed by atoms with van der Waals surface area (Å²) in [5.41, 5.74) is 1.41. The molecule has 3 heterocycles. The first kappa shape index (κ1) is 16.8. The van der Waals surface area contributed by atoms with Gasteiger partial charge < -0.3 is 10.2 Å². The maximum absolute atomic E-state index is 4.62. The van der Waals surface area contributed by atoms with E-state index in [2.05, 4.69) is 50.9 Å². The highest BCUT2D eigenvalue weighted by molar-refractivity contribution is 5.45. The third kappa shape index (κ3) is 4.71. The van der Waals surface area contributed by atoms with Crippen LogP contribution in [-0.2, 0) is 0 Å². The number of hydrogen-bond acceptors (Lipinski definition) is 6. The van der Waals surface area contributed by atoms with Crippen LogP contribution in [-0.4, -0.2) is 44.5 Å². The minimum absolute atomic E-state index is 0.330. The highest BCUT2D eigenvalue weighted by Gasteiger charge is 2.25. The number of anilines is 2. The van der Waals surface area contributed by atoms with E-state index in [4.69, 9.17) is 0 Å². The highest BCUT2D eigenvalue weighted by Crippen LogP contribution is 2.27. The molecule has 6 nitrogen and oxygen atoms in total. The Bertz CT molecular complexity index is 635. The standard InChI is InChI=1S/C18H26N6/c1-18(2,3)13-24-9-4-6-14(12-24)15-10-22-16(11-21-15)23-17-19-7-5-8-20-17/h5,7-8,10-11,14H,4,6,9,12-13H2,1-3H3,(H,19,20,22,23). The van der Waals surface area contributed by atoms with E-state index in [0.29, 0.717) is 23.1 Å². The van der Waals surface area contributed by atoms with E-state index in [1.165, 1.54) is 19.4 Å². The van der Waals surface area contributed by atoms with Crippen LogP contribution in [0.4, 0.5) is 11.8 Å². The number of nitrogens with one attached hydrogen (secondary N) is 1. The summed E-state index contributed by atoms with van der Waals surface area (Å²) in [4.78, 5) is 19.9. The van der Waals surface area contributed by atoms with Crippen LogP contribution < -0.4 is 5.32 Å². The monoisotopic (exact) mass is 326 g/mol. The summed E-state index contributed by atoms with van der Waals surface area (Å²) in [6.07, 6.45) is 9.46. The van der Waals surface area contributed by atoms with Crippen LogP contribution in [0.15, 0.2) is 30.9 Å². The summed E-state index contributed by atoms with van der Waals surface area (Å²) < 4.78 is 0. The smallest absolute Gasteiger partial charge is 0.228 e. The molecule has 1 N–H and O–H groups in total. The molecule has 1 unspecified atom stereocenters. The normalized spacial score (nSPS) is 19.2. The van der Waals surface area contributed by atoms with Crippen molar-refractivity contribution in [3.8, 4) is 0 Å². The molecular weight excluding hydrogens is 300 g/mol. The molecule has 1 fully saturated rings. The number of nitrogens with zero attached hydrogens (tertiary/aromatic N) is 5. The first-order valence-corrected chi connectivity index (χ1v) is 8.58. The van der Waals surface area contributed by atoms with Crippen LogP contribution in [0.5, 0.6) is 0 Å². The van der Waals surface area contributed by atoms with E-state index in [1.54, 1.807) is 24.7 Å². The number of hydrogen-bond donors (Lipinski definition) is 1. The number of rotatable bonds is 4. The van der Waals surface area contributed by atoms with Crippen LogP contribution in [0.2, 0.25) is 0 Å². The summed E-state index contributed by atoms with van der Waals surface area (Å²) >= 11 is 0. The highest BCUT2D eigenvalue weighted by atomic mass is 15.1. The first-order chi connectivity index (χ1) is 11.5. The molecule has 24 heavy (non-hydrogen) atoms. The second-order valence-corrected chi connectivity index (χ2v) is 7.66. The average Bonchev–Trinajstić information content (AvgIpc) is 2.55. The fraction of sp³-hybridized carbons (Fsp3) is 0.556. The van der Waals surface area contributed by atoms with Gasteiger partial charge in [0.05, 0.1) is 18.1 Å². The van der Waals surface area contributed by atoms with Crippen molar-refractivity contribution in [3.05, 3.63) is 36.5 Å². The van der Waals surface area contributed by atoms with E-state index in [0.717, 1.165) is 18.8 Å². The van der Waals surface area contributed by atoms with Crippen LogP contribution in [0.3, 0.4) is 0 Å². The molecule has 0 amide bonds. The lowest BCUT2D eigenvalue weighted by Crippen LogP contribution is -2.39. The van der Waals surface area contributed by atoms with Crippen molar-refractivity contribution in [2.75, 3.05) is 25.0 Å². The first-order valence-electron chi connectivity index (χ1n) is 8.58. The van der Waals surface area contributed by atoms with Gasteiger partial charge in [-0.3, -0.25) is 4.98 Å². The van der Waals surface area contributed by atoms with Gasteiger partial charge >= 0.3 is 0 Å². The third-order valence-corrected chi connectivity index (χ3v) is 4.10. The van der Waals surface area contributed by atoms with Gasteiger partial charge in [0, 0.05) is 31.4 Å². The topological polar surface area (TPSA) is 66.8 Å². The predicted molar refractivity (Wildman–Crippen MR) is 95.2 cm³/mol. The van der Waals surface area contributed by atoms with Crippen LogP contribution in [0.25, 0.3) is 0 Å². The lowest BCUT2D eigenvalue weighted by atomic mass is 9.91. The predicted octanol–water partition coefficient (Wildman–Crippen LogP) is 3.24. The van der Waals surface area contributed by atoms with Crippen molar-refractivity contribution in [3.63, 3.8) is 0 Å². The summed E-state index contributed by atoms with van der Waals surface area (Å²) in [6.45, 7) is 10.3. The summed E-state index contributed by atoms with van der Waals surface area (Å²) in [5.74, 6) is 1.68. The van der Waals surface area contributed by atoms with Crippen molar-refractivity contribution >= 4 is 11.8 Å². The molecule has 6 heteroatoms. The van der Waals surface area contributed by atoms with Crippen LogP contribution >= 0.6 is 0 Å². The molecule has 2 aromatic heterocycles. The quantitative estimate of drug-likeness (QED) is 0.930. The molecule has 128 valence electrons. The molecule has 0 spiro atoms. The molecule has 0 bridgehead atoms. The molecule has 1 atom stereocenters. The van der Waals surface area contributed by atoms with E-state index < -0.39 is 0 Å². The van der Waals surface area contributed by atoms with Gasteiger partial charge in [0.15, 0.2) is 5.82 Å². The molecule has 1 aliphatic heterocycles. The SMILES string of the molecule is CC(C)(C)CN1CCCC(c2cnc(Nc3ncccn3)cn2)C1.